The van der Waals surface area contributed by atoms with Gasteiger partial charge in [0.1, 0.15) is 12.2 Å². The number of aliphatic hydroxyl groups is 1. The van der Waals surface area contributed by atoms with Crippen molar-refractivity contribution in [1.82, 2.24) is 0 Å². The van der Waals surface area contributed by atoms with E-state index >= 15 is 0 Å². The first-order chi connectivity index (χ1) is 10.7. The molecule has 1 saturated heterocycles. The van der Waals surface area contributed by atoms with Gasteiger partial charge in [-0.05, 0) is 26.2 Å². The van der Waals surface area contributed by atoms with Gasteiger partial charge in [-0.3, -0.25) is 4.79 Å². The molecule has 0 saturated carbocycles. The zero-order chi connectivity index (χ0) is 16.2. The predicted octanol–water partition coefficient (Wildman–Crippen LogP) is 4.78. The average molecular weight is 310 g/mol. The van der Waals surface area contributed by atoms with Gasteiger partial charge >= 0.3 is 5.97 Å². The van der Waals surface area contributed by atoms with Gasteiger partial charge < -0.3 is 9.84 Å². The van der Waals surface area contributed by atoms with Crippen LogP contribution in [0.4, 0.5) is 0 Å². The summed E-state index contributed by atoms with van der Waals surface area (Å²) in [5, 5.41) is 9.83. The van der Waals surface area contributed by atoms with Crippen molar-refractivity contribution < 1.29 is 14.6 Å². The molecule has 0 amide bonds. The molecule has 0 aromatic rings. The summed E-state index contributed by atoms with van der Waals surface area (Å²) in [4.78, 5) is 11.5. The van der Waals surface area contributed by atoms with Crippen LogP contribution >= 0.6 is 0 Å². The van der Waals surface area contributed by atoms with Gasteiger partial charge in [0.25, 0.3) is 0 Å². The number of ether oxygens (including phenoxy) is 1. The van der Waals surface area contributed by atoms with Crippen LogP contribution in [-0.2, 0) is 9.53 Å². The summed E-state index contributed by atoms with van der Waals surface area (Å²) in [6.45, 7) is 4.00. The Morgan fingerprint density at radius 2 is 1.59 bits per heavy atom. The van der Waals surface area contributed by atoms with Crippen LogP contribution in [0, 0.1) is 5.92 Å². The molecule has 1 rings (SSSR count). The van der Waals surface area contributed by atoms with Crippen molar-refractivity contribution in [3.63, 3.8) is 0 Å². The lowest BCUT2D eigenvalue weighted by Crippen LogP contribution is -2.24. The number of allylic oxidation sites excluding steroid dienone is 2. The molecule has 0 unspecified atom stereocenters. The predicted molar refractivity (Wildman–Crippen MR) is 90.7 cm³/mol. The van der Waals surface area contributed by atoms with Crippen molar-refractivity contribution in [2.24, 2.45) is 5.92 Å². The van der Waals surface area contributed by atoms with Crippen LogP contribution < -0.4 is 0 Å². The summed E-state index contributed by atoms with van der Waals surface area (Å²) in [6, 6.07) is 0. The Bertz CT molecular complexity index is 325. The van der Waals surface area contributed by atoms with Crippen LogP contribution in [0.3, 0.4) is 0 Å². The SMILES string of the molecule is CCCCCCCCCCC/C=C/C[C@H]1C(=O)O[C@@H](C)[C@H]1O. The van der Waals surface area contributed by atoms with Gasteiger partial charge in [0.2, 0.25) is 0 Å². The molecule has 1 aliphatic heterocycles. The Hall–Kier alpha value is -0.830. The third kappa shape index (κ3) is 7.44. The smallest absolute Gasteiger partial charge is 0.312 e. The van der Waals surface area contributed by atoms with Gasteiger partial charge in [-0.1, -0.05) is 70.4 Å². The molecule has 1 aliphatic rings. The van der Waals surface area contributed by atoms with Crippen molar-refractivity contribution in [3.05, 3.63) is 12.2 Å². The molecule has 0 aromatic heterocycles. The van der Waals surface area contributed by atoms with Crippen molar-refractivity contribution in [3.8, 4) is 0 Å². The zero-order valence-electron chi connectivity index (χ0n) is 14.4. The van der Waals surface area contributed by atoms with Crippen LogP contribution in [0.25, 0.3) is 0 Å². The van der Waals surface area contributed by atoms with Gasteiger partial charge in [-0.2, -0.15) is 0 Å². The molecule has 1 N–H and O–H groups in total. The molecule has 22 heavy (non-hydrogen) atoms. The second kappa shape index (κ2) is 11.7. The van der Waals surface area contributed by atoms with Crippen LogP contribution in [0.1, 0.15) is 84.5 Å². The van der Waals surface area contributed by atoms with Gasteiger partial charge in [0.05, 0.1) is 5.92 Å². The quantitative estimate of drug-likeness (QED) is 0.321. The number of unbranched alkanes of at least 4 members (excludes halogenated alkanes) is 9. The molecule has 0 aliphatic carbocycles. The van der Waals surface area contributed by atoms with E-state index < -0.39 is 6.10 Å². The van der Waals surface area contributed by atoms with Gasteiger partial charge in [0.15, 0.2) is 0 Å². The van der Waals surface area contributed by atoms with Gasteiger partial charge in [-0.15, -0.1) is 0 Å². The lowest BCUT2D eigenvalue weighted by Gasteiger charge is -2.09. The Balaban J connectivity index is 1.93. The molecule has 0 spiro atoms. The van der Waals surface area contributed by atoms with E-state index in [1.54, 1.807) is 6.92 Å². The van der Waals surface area contributed by atoms with Crippen LogP contribution in [0.2, 0.25) is 0 Å². The normalized spacial score (nSPS) is 25.0. The molecule has 1 heterocycles. The highest BCUT2D eigenvalue weighted by Gasteiger charge is 2.40. The van der Waals surface area contributed by atoms with Gasteiger partial charge in [0, 0.05) is 0 Å². The second-order valence-electron chi connectivity index (χ2n) is 6.56. The van der Waals surface area contributed by atoms with Crippen molar-refractivity contribution in [1.29, 1.82) is 0 Å². The van der Waals surface area contributed by atoms with E-state index in [2.05, 4.69) is 13.0 Å². The molecule has 3 atom stereocenters. The average Bonchev–Trinajstić information content (AvgIpc) is 2.74. The van der Waals surface area contributed by atoms with Crippen molar-refractivity contribution >= 4 is 5.97 Å². The lowest BCUT2D eigenvalue weighted by molar-refractivity contribution is -0.143. The van der Waals surface area contributed by atoms with E-state index in [1.165, 1.54) is 57.8 Å². The Labute approximate surface area is 136 Å². The number of carbonyl (C=O) groups excluding carboxylic acids is 1. The Morgan fingerprint density at radius 1 is 1.00 bits per heavy atom. The third-order valence-electron chi connectivity index (χ3n) is 4.53. The second-order valence-corrected chi connectivity index (χ2v) is 6.56. The van der Waals surface area contributed by atoms with Crippen molar-refractivity contribution in [2.75, 3.05) is 0 Å². The van der Waals surface area contributed by atoms with E-state index in [0.717, 1.165) is 6.42 Å². The molecule has 0 radical (unpaired) electrons. The first-order valence-electron chi connectivity index (χ1n) is 9.20. The molecule has 0 aromatic carbocycles. The zero-order valence-corrected chi connectivity index (χ0v) is 14.4. The van der Waals surface area contributed by atoms with Crippen LogP contribution in [0.15, 0.2) is 12.2 Å². The fourth-order valence-electron chi connectivity index (χ4n) is 2.98. The topological polar surface area (TPSA) is 46.5 Å². The monoisotopic (exact) mass is 310 g/mol. The highest BCUT2D eigenvalue weighted by Crippen LogP contribution is 2.24. The number of hydrogen-bond donors (Lipinski definition) is 1. The van der Waals surface area contributed by atoms with E-state index in [1.807, 2.05) is 6.08 Å². The minimum absolute atomic E-state index is 0.257. The number of esters is 1. The highest BCUT2D eigenvalue weighted by molar-refractivity contribution is 5.75. The fraction of sp³-hybridized carbons (Fsp3) is 0.842. The summed E-state index contributed by atoms with van der Waals surface area (Å²) < 4.78 is 5.02. The summed E-state index contributed by atoms with van der Waals surface area (Å²) in [5.74, 6) is -0.623. The first kappa shape index (κ1) is 19.2. The number of carbonyl (C=O) groups is 1. The van der Waals surface area contributed by atoms with Gasteiger partial charge in [-0.25, -0.2) is 0 Å². The van der Waals surface area contributed by atoms with E-state index in [9.17, 15) is 9.90 Å². The fourth-order valence-corrected chi connectivity index (χ4v) is 2.98. The van der Waals surface area contributed by atoms with E-state index in [-0.39, 0.29) is 18.0 Å². The minimum atomic E-state index is -0.648. The summed E-state index contributed by atoms with van der Waals surface area (Å²) in [6.07, 6.45) is 16.9. The maximum Gasteiger partial charge on any atom is 0.312 e. The van der Waals surface area contributed by atoms with Crippen molar-refractivity contribution in [2.45, 2.75) is 96.7 Å². The number of rotatable bonds is 12. The standard InChI is InChI=1S/C19H34O3/c1-3-4-5-6-7-8-9-10-11-12-13-14-15-17-18(20)16(2)22-19(17)21/h13-14,16-18,20H,3-12,15H2,1-2H3/b14-13+/t16-,17+,18+/m0/s1. The molecule has 0 bridgehead atoms. The molecular weight excluding hydrogens is 276 g/mol. The van der Waals surface area contributed by atoms with E-state index in [4.69, 9.17) is 4.74 Å². The Morgan fingerprint density at radius 3 is 2.14 bits per heavy atom. The molecular formula is C19H34O3. The molecule has 3 heteroatoms. The largest absolute Gasteiger partial charge is 0.460 e. The number of hydrogen-bond acceptors (Lipinski definition) is 3. The van der Waals surface area contributed by atoms with Crippen LogP contribution in [-0.4, -0.2) is 23.3 Å². The number of cyclic esters (lactones) is 1. The highest BCUT2D eigenvalue weighted by atomic mass is 16.6. The van der Waals surface area contributed by atoms with E-state index in [0.29, 0.717) is 6.42 Å². The lowest BCUT2D eigenvalue weighted by atomic mass is 9.98. The molecule has 1 fully saturated rings. The maximum absolute atomic E-state index is 11.5. The number of aliphatic hydroxyl groups excluding tert-OH is 1. The van der Waals surface area contributed by atoms with Crippen LogP contribution in [0.5, 0.6) is 0 Å². The molecule has 3 nitrogen and oxygen atoms in total. The Kier molecular flexibility index (Phi) is 10.2. The summed E-state index contributed by atoms with van der Waals surface area (Å²) >= 11 is 0. The third-order valence-corrected chi connectivity index (χ3v) is 4.53. The molecule has 128 valence electrons. The maximum atomic E-state index is 11.5. The minimum Gasteiger partial charge on any atom is -0.460 e. The summed E-state index contributed by atoms with van der Waals surface area (Å²) in [7, 11) is 0. The first-order valence-corrected chi connectivity index (χ1v) is 9.20. The summed E-state index contributed by atoms with van der Waals surface area (Å²) in [5.41, 5.74) is 0.